The van der Waals surface area contributed by atoms with Crippen molar-refractivity contribution in [2.45, 2.75) is 27.2 Å². The minimum atomic E-state index is -0.0731. The third-order valence-electron chi connectivity index (χ3n) is 2.55. The molecule has 0 unspecified atom stereocenters. The van der Waals surface area contributed by atoms with Crippen molar-refractivity contribution in [2.24, 2.45) is 0 Å². The van der Waals surface area contributed by atoms with E-state index in [0.717, 1.165) is 30.2 Å². The van der Waals surface area contributed by atoms with E-state index in [2.05, 4.69) is 25.9 Å². The number of nitrogens with zero attached hydrogens (tertiary/aromatic N) is 2. The second-order valence-electron chi connectivity index (χ2n) is 3.87. The van der Waals surface area contributed by atoms with Gasteiger partial charge in [0.05, 0.1) is 6.54 Å². The van der Waals surface area contributed by atoms with Crippen LogP contribution in [0.1, 0.15) is 25.2 Å². The van der Waals surface area contributed by atoms with Gasteiger partial charge in [0.15, 0.2) is 0 Å². The summed E-state index contributed by atoms with van der Waals surface area (Å²) in [5.74, 6) is 2.22. The number of aromatic nitrogens is 2. The van der Waals surface area contributed by atoms with E-state index < -0.39 is 0 Å². The van der Waals surface area contributed by atoms with E-state index in [1.807, 2.05) is 20.8 Å². The lowest BCUT2D eigenvalue weighted by atomic mass is 10.3. The van der Waals surface area contributed by atoms with E-state index in [1.165, 1.54) is 0 Å². The Hall–Kier alpha value is -1.85. The Bertz CT molecular complexity index is 419. The van der Waals surface area contributed by atoms with Crippen LogP contribution in [0.15, 0.2) is 0 Å². The molecule has 1 aromatic rings. The molecule has 0 saturated carbocycles. The van der Waals surface area contributed by atoms with Crippen molar-refractivity contribution in [3.8, 4) is 0 Å². The van der Waals surface area contributed by atoms with Crippen LogP contribution in [-0.2, 0) is 11.2 Å². The lowest BCUT2D eigenvalue weighted by Crippen LogP contribution is -2.27. The number of carbonyl (C=O) groups is 1. The number of carbonyl (C=O) groups excluding carboxylic acids is 1. The number of hydrogen-bond donors (Lipinski definition) is 3. The number of anilines is 2. The standard InChI is InChI=1S/C12H21N5O/c1-5-9-16-11(14-6-2)8(3)12(17-9)15-7-10(18)13-4/h5-7H2,1-4H3,(H,13,18)(H2,14,15,16,17). The highest BCUT2D eigenvalue weighted by Crippen LogP contribution is 2.19. The fourth-order valence-corrected chi connectivity index (χ4v) is 1.49. The molecule has 6 heteroatoms. The molecule has 1 heterocycles. The second kappa shape index (κ2) is 6.78. The smallest absolute Gasteiger partial charge is 0.239 e. The van der Waals surface area contributed by atoms with Gasteiger partial charge in [0.2, 0.25) is 5.91 Å². The SMILES string of the molecule is CCNc1nc(CC)nc(NCC(=O)NC)c1C. The van der Waals surface area contributed by atoms with Crippen LogP contribution in [0.5, 0.6) is 0 Å². The van der Waals surface area contributed by atoms with Gasteiger partial charge in [-0.1, -0.05) is 6.92 Å². The highest BCUT2D eigenvalue weighted by Gasteiger charge is 2.10. The van der Waals surface area contributed by atoms with E-state index in [1.54, 1.807) is 7.05 Å². The summed E-state index contributed by atoms with van der Waals surface area (Å²) in [7, 11) is 1.61. The Labute approximate surface area is 108 Å². The van der Waals surface area contributed by atoms with Crippen LogP contribution in [0.2, 0.25) is 0 Å². The average Bonchev–Trinajstić information content (AvgIpc) is 2.39. The van der Waals surface area contributed by atoms with Crippen LogP contribution < -0.4 is 16.0 Å². The maximum absolute atomic E-state index is 11.2. The summed E-state index contributed by atoms with van der Waals surface area (Å²) in [5, 5.41) is 8.80. The molecule has 0 spiro atoms. The third kappa shape index (κ3) is 3.58. The van der Waals surface area contributed by atoms with Gasteiger partial charge >= 0.3 is 0 Å². The van der Waals surface area contributed by atoms with Crippen molar-refractivity contribution in [3.63, 3.8) is 0 Å². The second-order valence-corrected chi connectivity index (χ2v) is 3.87. The molecule has 1 rings (SSSR count). The molecule has 0 radical (unpaired) electrons. The van der Waals surface area contributed by atoms with Gasteiger partial charge in [-0.3, -0.25) is 4.79 Å². The monoisotopic (exact) mass is 251 g/mol. The van der Waals surface area contributed by atoms with Gasteiger partial charge < -0.3 is 16.0 Å². The lowest BCUT2D eigenvalue weighted by molar-refractivity contribution is -0.118. The first-order valence-corrected chi connectivity index (χ1v) is 6.18. The molecule has 0 saturated heterocycles. The van der Waals surface area contributed by atoms with Crippen molar-refractivity contribution in [1.82, 2.24) is 15.3 Å². The summed E-state index contributed by atoms with van der Waals surface area (Å²) in [5.41, 5.74) is 0.929. The first-order chi connectivity index (χ1) is 8.62. The summed E-state index contributed by atoms with van der Waals surface area (Å²) in [6.07, 6.45) is 0.757. The van der Waals surface area contributed by atoms with Gasteiger partial charge in [0, 0.05) is 25.6 Å². The number of hydrogen-bond acceptors (Lipinski definition) is 5. The number of aryl methyl sites for hydroxylation is 1. The van der Waals surface area contributed by atoms with Gasteiger partial charge in [-0.25, -0.2) is 9.97 Å². The summed E-state index contributed by atoms with van der Waals surface area (Å²) in [6.45, 7) is 6.97. The molecule has 0 fully saturated rings. The number of likely N-dealkylation sites (N-methyl/N-ethyl adjacent to an activating group) is 1. The normalized spacial score (nSPS) is 10.0. The van der Waals surface area contributed by atoms with E-state index in [-0.39, 0.29) is 12.5 Å². The molecule has 18 heavy (non-hydrogen) atoms. The van der Waals surface area contributed by atoms with Gasteiger partial charge in [0.25, 0.3) is 0 Å². The van der Waals surface area contributed by atoms with Crippen LogP contribution in [0, 0.1) is 6.92 Å². The molecular formula is C12H21N5O. The van der Waals surface area contributed by atoms with E-state index in [0.29, 0.717) is 5.82 Å². The van der Waals surface area contributed by atoms with E-state index >= 15 is 0 Å². The maximum Gasteiger partial charge on any atom is 0.239 e. The Morgan fingerprint density at radius 2 is 1.78 bits per heavy atom. The Morgan fingerprint density at radius 1 is 1.17 bits per heavy atom. The average molecular weight is 251 g/mol. The van der Waals surface area contributed by atoms with Gasteiger partial charge in [0.1, 0.15) is 17.5 Å². The molecule has 0 aliphatic carbocycles. The van der Waals surface area contributed by atoms with Crippen molar-refractivity contribution in [2.75, 3.05) is 30.8 Å². The molecular weight excluding hydrogens is 230 g/mol. The quantitative estimate of drug-likeness (QED) is 0.701. The number of amides is 1. The molecule has 3 N–H and O–H groups in total. The zero-order chi connectivity index (χ0) is 13.5. The van der Waals surface area contributed by atoms with Crippen molar-refractivity contribution < 1.29 is 4.79 Å². The van der Waals surface area contributed by atoms with Gasteiger partial charge in [-0.15, -0.1) is 0 Å². The summed E-state index contributed by atoms with van der Waals surface area (Å²) in [6, 6.07) is 0. The highest BCUT2D eigenvalue weighted by atomic mass is 16.1. The maximum atomic E-state index is 11.2. The summed E-state index contributed by atoms with van der Waals surface area (Å²) in [4.78, 5) is 20.1. The number of nitrogens with one attached hydrogen (secondary N) is 3. The molecule has 1 amide bonds. The Balaban J connectivity index is 2.94. The van der Waals surface area contributed by atoms with Crippen LogP contribution in [0.4, 0.5) is 11.6 Å². The largest absolute Gasteiger partial charge is 0.370 e. The van der Waals surface area contributed by atoms with Crippen molar-refractivity contribution in [1.29, 1.82) is 0 Å². The molecule has 100 valence electrons. The Morgan fingerprint density at radius 3 is 2.28 bits per heavy atom. The third-order valence-corrected chi connectivity index (χ3v) is 2.55. The highest BCUT2D eigenvalue weighted by molar-refractivity contribution is 5.80. The van der Waals surface area contributed by atoms with Crippen molar-refractivity contribution in [3.05, 3.63) is 11.4 Å². The van der Waals surface area contributed by atoms with Crippen LogP contribution in [-0.4, -0.2) is 36.0 Å². The minimum Gasteiger partial charge on any atom is -0.370 e. The molecule has 0 aliphatic rings. The molecule has 0 atom stereocenters. The van der Waals surface area contributed by atoms with Crippen molar-refractivity contribution >= 4 is 17.5 Å². The van der Waals surface area contributed by atoms with E-state index in [9.17, 15) is 4.79 Å². The van der Waals surface area contributed by atoms with Gasteiger partial charge in [-0.05, 0) is 13.8 Å². The fraction of sp³-hybridized carbons (Fsp3) is 0.583. The van der Waals surface area contributed by atoms with Gasteiger partial charge in [-0.2, -0.15) is 0 Å². The molecule has 1 aromatic heterocycles. The number of rotatable bonds is 6. The molecule has 0 aromatic carbocycles. The zero-order valence-corrected chi connectivity index (χ0v) is 11.4. The first-order valence-electron chi connectivity index (χ1n) is 6.18. The van der Waals surface area contributed by atoms with Crippen LogP contribution in [0.3, 0.4) is 0 Å². The molecule has 0 bridgehead atoms. The summed E-state index contributed by atoms with van der Waals surface area (Å²) < 4.78 is 0. The summed E-state index contributed by atoms with van der Waals surface area (Å²) >= 11 is 0. The Kier molecular flexibility index (Phi) is 5.35. The first kappa shape index (κ1) is 14.2. The predicted molar refractivity (Wildman–Crippen MR) is 72.9 cm³/mol. The van der Waals surface area contributed by atoms with Crippen LogP contribution in [0.25, 0.3) is 0 Å². The van der Waals surface area contributed by atoms with Crippen LogP contribution >= 0.6 is 0 Å². The lowest BCUT2D eigenvalue weighted by Gasteiger charge is -2.13. The fourth-order valence-electron chi connectivity index (χ4n) is 1.49. The molecule has 0 aliphatic heterocycles. The topological polar surface area (TPSA) is 78.9 Å². The molecule has 6 nitrogen and oxygen atoms in total. The van der Waals surface area contributed by atoms with E-state index in [4.69, 9.17) is 0 Å². The minimum absolute atomic E-state index is 0.0731. The predicted octanol–water partition coefficient (Wildman–Crippen LogP) is 0.937. The zero-order valence-electron chi connectivity index (χ0n) is 11.4.